The topological polar surface area (TPSA) is 62.7 Å². The Labute approximate surface area is 162 Å². The van der Waals surface area contributed by atoms with Gasteiger partial charge in [-0.2, -0.15) is 18.3 Å². The highest BCUT2D eigenvalue weighted by Crippen LogP contribution is 2.34. The first-order valence-corrected chi connectivity index (χ1v) is 8.52. The molecule has 9 heteroatoms. The van der Waals surface area contributed by atoms with E-state index in [-0.39, 0.29) is 11.4 Å². The second-order valence-electron chi connectivity index (χ2n) is 6.45. The molecule has 2 N–H and O–H groups in total. The number of nitrogens with one attached hydrogen (secondary N) is 2. The second-order valence-corrected chi connectivity index (χ2v) is 6.45. The zero-order valence-electron chi connectivity index (χ0n) is 15.0. The van der Waals surface area contributed by atoms with Crippen molar-refractivity contribution in [3.05, 3.63) is 71.7 Å². The number of H-pyrrole nitrogens is 1. The molecule has 1 amide bonds. The van der Waals surface area contributed by atoms with Crippen LogP contribution in [0.25, 0.3) is 22.3 Å². The Morgan fingerprint density at radius 3 is 2.62 bits per heavy atom. The van der Waals surface area contributed by atoms with Gasteiger partial charge in [0.25, 0.3) is 5.91 Å². The van der Waals surface area contributed by atoms with Crippen LogP contribution in [0.4, 0.5) is 23.2 Å². The van der Waals surface area contributed by atoms with E-state index in [0.717, 1.165) is 12.1 Å². The molecule has 0 aliphatic heterocycles. The number of alkyl halides is 3. The van der Waals surface area contributed by atoms with E-state index >= 15 is 0 Å². The van der Waals surface area contributed by atoms with Gasteiger partial charge in [-0.25, -0.2) is 4.39 Å². The second kappa shape index (κ2) is 6.77. The minimum atomic E-state index is -4.48. The van der Waals surface area contributed by atoms with Gasteiger partial charge in [-0.05, 0) is 48.5 Å². The number of amides is 1. The lowest BCUT2D eigenvalue weighted by atomic mass is 10.1. The summed E-state index contributed by atoms with van der Waals surface area (Å²) in [4.78, 5) is 15.3. The molecule has 0 atom stereocenters. The minimum absolute atomic E-state index is 0.162. The number of anilines is 1. The number of carbonyl (C=O) groups is 1. The maximum Gasteiger partial charge on any atom is 0.416 e. The summed E-state index contributed by atoms with van der Waals surface area (Å²) in [6.45, 7) is 0. The molecule has 29 heavy (non-hydrogen) atoms. The first-order valence-electron chi connectivity index (χ1n) is 8.52. The molecule has 0 radical (unpaired) electrons. The van der Waals surface area contributed by atoms with Crippen molar-refractivity contribution in [2.24, 2.45) is 7.05 Å². The largest absolute Gasteiger partial charge is 0.416 e. The molecule has 2 aromatic carbocycles. The quantitative estimate of drug-likeness (QED) is 0.475. The summed E-state index contributed by atoms with van der Waals surface area (Å²) in [5, 5.41) is 7.15. The zero-order valence-corrected chi connectivity index (χ0v) is 15.0. The van der Waals surface area contributed by atoms with E-state index in [2.05, 4.69) is 15.4 Å². The third-order valence-electron chi connectivity index (χ3n) is 4.45. The van der Waals surface area contributed by atoms with Crippen molar-refractivity contribution >= 4 is 22.5 Å². The van der Waals surface area contributed by atoms with Crippen molar-refractivity contribution in [1.82, 2.24) is 14.8 Å². The number of hydrogen-bond donors (Lipinski definition) is 2. The molecular formula is C20H14F4N4O. The average Bonchev–Trinajstić information content (AvgIpc) is 3.26. The van der Waals surface area contributed by atoms with E-state index in [1.165, 1.54) is 41.1 Å². The molecule has 2 heterocycles. The smallest absolute Gasteiger partial charge is 0.349 e. The molecule has 0 unspecified atom stereocenters. The average molecular weight is 402 g/mol. The number of hydrogen-bond acceptors (Lipinski definition) is 2. The van der Waals surface area contributed by atoms with Crippen LogP contribution in [0.5, 0.6) is 0 Å². The Hall–Kier alpha value is -3.62. The Bertz CT molecular complexity index is 1220. The van der Waals surface area contributed by atoms with Crippen LogP contribution in [0.1, 0.15) is 16.1 Å². The predicted octanol–water partition coefficient (Wildman–Crippen LogP) is 4.98. The predicted molar refractivity (Wildman–Crippen MR) is 99.9 cm³/mol. The molecule has 0 spiro atoms. The highest BCUT2D eigenvalue weighted by Gasteiger charge is 2.31. The first-order chi connectivity index (χ1) is 13.7. The molecule has 0 fully saturated rings. The van der Waals surface area contributed by atoms with Crippen LogP contribution >= 0.6 is 0 Å². The number of rotatable bonds is 3. The van der Waals surface area contributed by atoms with E-state index in [0.29, 0.717) is 22.3 Å². The number of aromatic nitrogens is 3. The van der Waals surface area contributed by atoms with Gasteiger partial charge >= 0.3 is 6.18 Å². The van der Waals surface area contributed by atoms with Gasteiger partial charge in [0.05, 0.1) is 16.8 Å². The zero-order chi connectivity index (χ0) is 20.8. The van der Waals surface area contributed by atoms with Gasteiger partial charge in [-0.15, -0.1) is 0 Å². The number of benzene rings is 2. The van der Waals surface area contributed by atoms with E-state index < -0.39 is 23.5 Å². The van der Waals surface area contributed by atoms with Crippen LogP contribution < -0.4 is 5.32 Å². The number of nitrogens with zero attached hydrogens (tertiary/aromatic N) is 2. The Morgan fingerprint density at radius 1 is 1.10 bits per heavy atom. The number of aryl methyl sites for hydroxylation is 1. The normalized spacial score (nSPS) is 11.8. The van der Waals surface area contributed by atoms with Crippen LogP contribution in [0.3, 0.4) is 0 Å². The third kappa shape index (κ3) is 3.58. The summed E-state index contributed by atoms with van der Waals surface area (Å²) in [5.41, 5.74) is 0.861. The maximum atomic E-state index is 13.3. The van der Waals surface area contributed by atoms with Crippen molar-refractivity contribution in [2.75, 3.05) is 5.32 Å². The molecule has 0 aliphatic rings. The molecule has 0 saturated carbocycles. The summed E-state index contributed by atoms with van der Waals surface area (Å²) in [7, 11) is 1.62. The molecule has 148 valence electrons. The number of halogens is 4. The first kappa shape index (κ1) is 18.7. The summed E-state index contributed by atoms with van der Waals surface area (Å²) in [5.74, 6) is -1.01. The van der Waals surface area contributed by atoms with Crippen LogP contribution in [-0.2, 0) is 13.2 Å². The van der Waals surface area contributed by atoms with Crippen molar-refractivity contribution in [1.29, 1.82) is 0 Å². The summed E-state index contributed by atoms with van der Waals surface area (Å²) >= 11 is 0. The van der Waals surface area contributed by atoms with Gasteiger partial charge in [-0.1, -0.05) is 6.07 Å². The van der Waals surface area contributed by atoms with Gasteiger partial charge < -0.3 is 10.3 Å². The highest BCUT2D eigenvalue weighted by atomic mass is 19.4. The lowest BCUT2D eigenvalue weighted by Gasteiger charge is -2.06. The van der Waals surface area contributed by atoms with Crippen molar-refractivity contribution in [2.45, 2.75) is 6.18 Å². The standard InChI is InChI=1S/C20H14F4N4O/c1-28-17-8-5-11(20(22,23)24)9-14(17)18(27-28)15-6-7-16(26-15)19(29)25-13-4-2-3-12(21)10-13/h2-10,26H,1H3,(H,25,29). The van der Waals surface area contributed by atoms with Crippen LogP contribution in [-0.4, -0.2) is 20.7 Å². The van der Waals surface area contributed by atoms with Crippen LogP contribution in [0.2, 0.25) is 0 Å². The van der Waals surface area contributed by atoms with Gasteiger partial charge in [0.1, 0.15) is 17.2 Å². The van der Waals surface area contributed by atoms with E-state index in [1.807, 2.05) is 0 Å². The Balaban J connectivity index is 1.69. The number of aromatic amines is 1. The number of fused-ring (bicyclic) bond motifs is 1. The van der Waals surface area contributed by atoms with Gasteiger partial charge in [0.2, 0.25) is 0 Å². The summed E-state index contributed by atoms with van der Waals surface area (Å²) < 4.78 is 54.0. The van der Waals surface area contributed by atoms with Crippen molar-refractivity contribution in [3.63, 3.8) is 0 Å². The lowest BCUT2D eigenvalue weighted by molar-refractivity contribution is -0.137. The van der Waals surface area contributed by atoms with E-state index in [9.17, 15) is 22.4 Å². The monoisotopic (exact) mass is 402 g/mol. The molecule has 4 aromatic rings. The van der Waals surface area contributed by atoms with Crippen molar-refractivity contribution < 1.29 is 22.4 Å². The van der Waals surface area contributed by atoms with Crippen LogP contribution in [0, 0.1) is 5.82 Å². The molecular weight excluding hydrogens is 388 g/mol. The number of carbonyl (C=O) groups excluding carboxylic acids is 1. The molecule has 4 rings (SSSR count). The molecule has 2 aromatic heterocycles. The Kier molecular flexibility index (Phi) is 4.37. The Morgan fingerprint density at radius 2 is 1.90 bits per heavy atom. The molecule has 0 bridgehead atoms. The minimum Gasteiger partial charge on any atom is -0.349 e. The SMILES string of the molecule is Cn1nc(-c2ccc(C(=O)Nc3cccc(F)c3)[nH]2)c2cc(C(F)(F)F)ccc21. The molecule has 0 aliphatic carbocycles. The van der Waals surface area contributed by atoms with E-state index in [4.69, 9.17) is 0 Å². The molecule has 5 nitrogen and oxygen atoms in total. The van der Waals surface area contributed by atoms with Gasteiger partial charge in [0.15, 0.2) is 0 Å². The highest BCUT2D eigenvalue weighted by molar-refractivity contribution is 6.04. The summed E-state index contributed by atoms with van der Waals surface area (Å²) in [6, 6.07) is 11.9. The fourth-order valence-corrected chi connectivity index (χ4v) is 3.07. The van der Waals surface area contributed by atoms with Crippen molar-refractivity contribution in [3.8, 4) is 11.4 Å². The summed E-state index contributed by atoms with van der Waals surface area (Å²) in [6.07, 6.45) is -4.48. The fourth-order valence-electron chi connectivity index (χ4n) is 3.07. The third-order valence-corrected chi connectivity index (χ3v) is 4.45. The van der Waals surface area contributed by atoms with E-state index in [1.54, 1.807) is 13.1 Å². The van der Waals surface area contributed by atoms with Crippen LogP contribution in [0.15, 0.2) is 54.6 Å². The lowest BCUT2D eigenvalue weighted by Crippen LogP contribution is -2.12. The maximum absolute atomic E-state index is 13.3. The van der Waals surface area contributed by atoms with Gasteiger partial charge in [-0.3, -0.25) is 9.48 Å². The fraction of sp³-hybridized carbons (Fsp3) is 0.100. The van der Waals surface area contributed by atoms with Gasteiger partial charge in [0, 0.05) is 18.1 Å². The molecule has 0 saturated heterocycles.